The van der Waals surface area contributed by atoms with Gasteiger partial charge in [0.25, 0.3) is 0 Å². The molecule has 1 aromatic rings. The number of aliphatic imine (C=N–C) groups is 1. The number of benzene rings is 1. The SMILES string of the molecule is N=NC(N)=Nc1ccc(F)c(Cl)c1. The lowest BCUT2D eigenvalue weighted by molar-refractivity contribution is 0.628. The number of nitrogens with one attached hydrogen (secondary N) is 1. The van der Waals surface area contributed by atoms with Gasteiger partial charge in [-0.05, 0) is 18.2 Å². The zero-order valence-electron chi connectivity index (χ0n) is 6.46. The summed E-state index contributed by atoms with van der Waals surface area (Å²) in [5, 5.41) is 2.83. The van der Waals surface area contributed by atoms with Gasteiger partial charge >= 0.3 is 0 Å². The first-order chi connectivity index (χ1) is 6.13. The highest BCUT2D eigenvalue weighted by Crippen LogP contribution is 2.21. The highest BCUT2D eigenvalue weighted by atomic mass is 35.5. The van der Waals surface area contributed by atoms with Crippen molar-refractivity contribution in [3.8, 4) is 0 Å². The van der Waals surface area contributed by atoms with E-state index in [1.165, 1.54) is 18.2 Å². The van der Waals surface area contributed by atoms with Crippen molar-refractivity contribution in [2.45, 2.75) is 0 Å². The van der Waals surface area contributed by atoms with E-state index in [-0.39, 0.29) is 11.0 Å². The van der Waals surface area contributed by atoms with Crippen LogP contribution in [-0.4, -0.2) is 5.96 Å². The van der Waals surface area contributed by atoms with Gasteiger partial charge < -0.3 is 5.73 Å². The van der Waals surface area contributed by atoms with E-state index >= 15 is 0 Å². The molecule has 3 N–H and O–H groups in total. The minimum Gasteiger partial charge on any atom is -0.366 e. The number of hydrogen-bond acceptors (Lipinski definition) is 2. The summed E-state index contributed by atoms with van der Waals surface area (Å²) < 4.78 is 12.6. The van der Waals surface area contributed by atoms with Crippen LogP contribution in [0.15, 0.2) is 28.3 Å². The molecule has 0 radical (unpaired) electrons. The molecule has 0 fully saturated rings. The first-order valence-electron chi connectivity index (χ1n) is 3.30. The quantitative estimate of drug-likeness (QED) is 0.408. The Kier molecular flexibility index (Phi) is 2.92. The van der Waals surface area contributed by atoms with E-state index in [2.05, 4.69) is 10.1 Å². The number of nitrogens with zero attached hydrogens (tertiary/aromatic N) is 2. The fourth-order valence-corrected chi connectivity index (χ4v) is 0.887. The predicted molar refractivity (Wildman–Crippen MR) is 47.8 cm³/mol. The molecule has 4 nitrogen and oxygen atoms in total. The standard InChI is InChI=1S/C7H6ClFN4/c8-5-3-4(1-2-6(5)9)12-7(10)13-11/h1-3,11H,(H2,10,12). The molecule has 0 aliphatic carbocycles. The zero-order chi connectivity index (χ0) is 9.84. The molecule has 0 aliphatic rings. The second-order valence-electron chi connectivity index (χ2n) is 2.18. The largest absolute Gasteiger partial charge is 0.366 e. The average molecular weight is 201 g/mol. The van der Waals surface area contributed by atoms with Gasteiger partial charge in [0.05, 0.1) is 10.7 Å². The molecule has 68 valence electrons. The maximum atomic E-state index is 12.6. The molecule has 0 heterocycles. The number of guanidine groups is 1. The van der Waals surface area contributed by atoms with Crippen LogP contribution in [0.3, 0.4) is 0 Å². The number of hydrogen-bond donors (Lipinski definition) is 2. The first kappa shape index (κ1) is 9.60. The van der Waals surface area contributed by atoms with Gasteiger partial charge in [-0.2, -0.15) is 0 Å². The molecule has 0 saturated carbocycles. The maximum absolute atomic E-state index is 12.6. The van der Waals surface area contributed by atoms with Gasteiger partial charge in [-0.15, -0.1) is 5.11 Å². The lowest BCUT2D eigenvalue weighted by atomic mass is 10.3. The Labute approximate surface area is 78.7 Å². The number of rotatable bonds is 1. The van der Waals surface area contributed by atoms with Crippen LogP contribution in [0.5, 0.6) is 0 Å². The average Bonchev–Trinajstić information content (AvgIpc) is 2.11. The third kappa shape index (κ3) is 2.48. The van der Waals surface area contributed by atoms with Crippen LogP contribution in [0.4, 0.5) is 10.1 Å². The summed E-state index contributed by atoms with van der Waals surface area (Å²) in [4.78, 5) is 3.67. The maximum Gasteiger partial charge on any atom is 0.239 e. The van der Waals surface area contributed by atoms with Crippen molar-refractivity contribution in [3.05, 3.63) is 29.0 Å². The summed E-state index contributed by atoms with van der Waals surface area (Å²) in [6, 6.07) is 3.85. The Bertz CT molecular complexity index is 364. The zero-order valence-corrected chi connectivity index (χ0v) is 7.22. The molecule has 0 aromatic heterocycles. The summed E-state index contributed by atoms with van der Waals surface area (Å²) in [5.41, 5.74) is 12.0. The Hall–Kier alpha value is -1.49. The summed E-state index contributed by atoms with van der Waals surface area (Å²) in [7, 11) is 0. The van der Waals surface area contributed by atoms with E-state index in [1.807, 2.05) is 0 Å². The van der Waals surface area contributed by atoms with Crippen LogP contribution in [0.25, 0.3) is 0 Å². The number of nitrogens with two attached hydrogens (primary N) is 1. The summed E-state index contributed by atoms with van der Waals surface area (Å²) in [6.07, 6.45) is 0. The molecular weight excluding hydrogens is 195 g/mol. The van der Waals surface area contributed by atoms with Crippen molar-refractivity contribution >= 4 is 23.2 Å². The van der Waals surface area contributed by atoms with Gasteiger partial charge in [-0.3, -0.25) is 0 Å². The Morgan fingerprint density at radius 1 is 1.54 bits per heavy atom. The minimum absolute atomic E-state index is 0.0426. The summed E-state index contributed by atoms with van der Waals surface area (Å²) in [6.45, 7) is 0. The topological polar surface area (TPSA) is 74.6 Å². The van der Waals surface area contributed by atoms with Gasteiger partial charge in [-0.25, -0.2) is 14.9 Å². The van der Waals surface area contributed by atoms with E-state index in [1.54, 1.807) is 0 Å². The lowest BCUT2D eigenvalue weighted by Crippen LogP contribution is -2.05. The molecule has 13 heavy (non-hydrogen) atoms. The van der Waals surface area contributed by atoms with Crippen molar-refractivity contribution in [1.82, 2.24) is 0 Å². The van der Waals surface area contributed by atoms with E-state index in [9.17, 15) is 4.39 Å². The molecular formula is C7H6ClFN4. The fourth-order valence-electron chi connectivity index (χ4n) is 0.712. The van der Waals surface area contributed by atoms with E-state index < -0.39 is 5.82 Å². The van der Waals surface area contributed by atoms with Crippen LogP contribution in [-0.2, 0) is 0 Å². The van der Waals surface area contributed by atoms with Crippen LogP contribution < -0.4 is 5.73 Å². The second kappa shape index (κ2) is 3.95. The van der Waals surface area contributed by atoms with Crippen molar-refractivity contribution in [1.29, 1.82) is 5.53 Å². The third-order valence-electron chi connectivity index (χ3n) is 1.26. The first-order valence-corrected chi connectivity index (χ1v) is 3.68. The smallest absolute Gasteiger partial charge is 0.239 e. The van der Waals surface area contributed by atoms with Gasteiger partial charge in [-0.1, -0.05) is 11.6 Å². The highest BCUT2D eigenvalue weighted by Gasteiger charge is 1.99. The minimum atomic E-state index is -0.526. The molecule has 0 bridgehead atoms. The fraction of sp³-hybridized carbons (Fsp3) is 0. The monoisotopic (exact) mass is 200 g/mol. The summed E-state index contributed by atoms with van der Waals surface area (Å²) >= 11 is 5.48. The normalized spacial score (nSPS) is 11.4. The molecule has 1 aromatic carbocycles. The molecule has 0 unspecified atom stereocenters. The van der Waals surface area contributed by atoms with Crippen molar-refractivity contribution < 1.29 is 4.39 Å². The highest BCUT2D eigenvalue weighted by molar-refractivity contribution is 6.31. The van der Waals surface area contributed by atoms with Crippen molar-refractivity contribution in [2.75, 3.05) is 0 Å². The van der Waals surface area contributed by atoms with Crippen LogP contribution in [0, 0.1) is 11.3 Å². The second-order valence-corrected chi connectivity index (χ2v) is 2.59. The van der Waals surface area contributed by atoms with Gasteiger partial charge in [0, 0.05) is 0 Å². The van der Waals surface area contributed by atoms with Crippen LogP contribution in [0.1, 0.15) is 0 Å². The molecule has 0 spiro atoms. The predicted octanol–water partition coefficient (Wildman–Crippen LogP) is 2.46. The van der Waals surface area contributed by atoms with Crippen LogP contribution in [0.2, 0.25) is 5.02 Å². The third-order valence-corrected chi connectivity index (χ3v) is 1.55. The van der Waals surface area contributed by atoms with Gasteiger partial charge in [0.15, 0.2) is 0 Å². The van der Waals surface area contributed by atoms with Gasteiger partial charge in [0.2, 0.25) is 5.96 Å². The van der Waals surface area contributed by atoms with E-state index in [4.69, 9.17) is 22.9 Å². The lowest BCUT2D eigenvalue weighted by Gasteiger charge is -1.96. The van der Waals surface area contributed by atoms with E-state index in [0.29, 0.717) is 5.69 Å². The Morgan fingerprint density at radius 2 is 2.23 bits per heavy atom. The molecule has 0 saturated heterocycles. The van der Waals surface area contributed by atoms with Gasteiger partial charge in [0.1, 0.15) is 5.82 Å². The molecule has 0 amide bonds. The summed E-state index contributed by atoms with van der Waals surface area (Å²) in [5.74, 6) is -0.732. The van der Waals surface area contributed by atoms with E-state index in [0.717, 1.165) is 0 Å². The molecule has 6 heteroatoms. The van der Waals surface area contributed by atoms with Crippen LogP contribution >= 0.6 is 11.6 Å². The van der Waals surface area contributed by atoms with Crippen molar-refractivity contribution in [2.24, 2.45) is 15.8 Å². The van der Waals surface area contributed by atoms with Crippen molar-refractivity contribution in [3.63, 3.8) is 0 Å². The Balaban J connectivity index is 3.04. The number of halogens is 2. The molecule has 0 aliphatic heterocycles. The molecule has 1 rings (SSSR count). The molecule has 0 atom stereocenters. The Morgan fingerprint density at radius 3 is 2.77 bits per heavy atom.